The van der Waals surface area contributed by atoms with E-state index < -0.39 is 5.82 Å². The minimum Gasteiger partial charge on any atom is -0.505 e. The second kappa shape index (κ2) is 7.74. The Morgan fingerprint density at radius 2 is 1.79 bits per heavy atom. The number of pyridine rings is 2. The van der Waals surface area contributed by atoms with Crippen LogP contribution in [0.2, 0.25) is 10.0 Å². The number of rotatable bonds is 4. The second-order valence-electron chi connectivity index (χ2n) is 6.45. The smallest absolute Gasteiger partial charge is 0.145 e. The van der Waals surface area contributed by atoms with Crippen LogP contribution in [0.3, 0.4) is 0 Å². The Kier molecular flexibility index (Phi) is 5.16. The fourth-order valence-corrected chi connectivity index (χ4v) is 3.78. The summed E-state index contributed by atoms with van der Waals surface area (Å²) >= 11 is 12.7. The summed E-state index contributed by atoms with van der Waals surface area (Å²) in [6.07, 6.45) is 3.22. The van der Waals surface area contributed by atoms with Crippen LogP contribution in [0.15, 0.2) is 67.0 Å². The molecular formula is C22H15Cl2FN2O. The zero-order valence-corrected chi connectivity index (χ0v) is 16.1. The third-order valence-corrected chi connectivity index (χ3v) is 5.55. The lowest BCUT2D eigenvalue weighted by molar-refractivity contribution is 0.469. The molecule has 6 heteroatoms. The monoisotopic (exact) mass is 412 g/mol. The molecule has 28 heavy (non-hydrogen) atoms. The van der Waals surface area contributed by atoms with Gasteiger partial charge in [0.25, 0.3) is 0 Å². The quantitative estimate of drug-likeness (QED) is 0.436. The topological polar surface area (TPSA) is 46.0 Å². The number of hydrogen-bond acceptors (Lipinski definition) is 3. The van der Waals surface area contributed by atoms with Crippen molar-refractivity contribution in [1.29, 1.82) is 0 Å². The molecule has 0 amide bonds. The van der Waals surface area contributed by atoms with Crippen LogP contribution in [0.25, 0.3) is 10.9 Å². The predicted molar refractivity (Wildman–Crippen MR) is 110 cm³/mol. The molecule has 2 aromatic carbocycles. The Bertz CT molecular complexity index is 1150. The molecule has 0 bridgehead atoms. The van der Waals surface area contributed by atoms with Crippen LogP contribution in [0.1, 0.15) is 22.7 Å². The van der Waals surface area contributed by atoms with E-state index in [0.29, 0.717) is 33.2 Å². The van der Waals surface area contributed by atoms with E-state index in [1.807, 2.05) is 36.4 Å². The number of halogens is 3. The van der Waals surface area contributed by atoms with E-state index in [-0.39, 0.29) is 11.7 Å². The SMILES string of the molecule is Oc1c(C(Cc2ccc(F)cn2)c2cccc(Cl)c2Cl)ccc2cccnc12. The summed E-state index contributed by atoms with van der Waals surface area (Å²) in [7, 11) is 0. The lowest BCUT2D eigenvalue weighted by atomic mass is 9.86. The fourth-order valence-electron chi connectivity index (χ4n) is 3.34. The highest BCUT2D eigenvalue weighted by Gasteiger charge is 2.24. The number of phenolic OH excluding ortho intramolecular Hbond substituents is 1. The van der Waals surface area contributed by atoms with Crippen LogP contribution in [0, 0.1) is 5.82 Å². The number of aromatic nitrogens is 2. The largest absolute Gasteiger partial charge is 0.505 e. The van der Waals surface area contributed by atoms with E-state index in [2.05, 4.69) is 9.97 Å². The summed E-state index contributed by atoms with van der Waals surface area (Å²) in [4.78, 5) is 8.47. The molecule has 0 spiro atoms. The first-order chi connectivity index (χ1) is 13.5. The average molecular weight is 413 g/mol. The minimum atomic E-state index is -0.404. The van der Waals surface area contributed by atoms with Gasteiger partial charge in [0.2, 0.25) is 0 Å². The van der Waals surface area contributed by atoms with Crippen LogP contribution in [-0.4, -0.2) is 15.1 Å². The third kappa shape index (κ3) is 3.53. The van der Waals surface area contributed by atoms with Crippen molar-refractivity contribution in [2.24, 2.45) is 0 Å². The highest BCUT2D eigenvalue weighted by Crippen LogP contribution is 2.41. The van der Waals surface area contributed by atoms with Gasteiger partial charge in [-0.15, -0.1) is 0 Å². The van der Waals surface area contributed by atoms with E-state index in [9.17, 15) is 9.50 Å². The number of hydrogen-bond donors (Lipinski definition) is 1. The van der Waals surface area contributed by atoms with Crippen molar-refractivity contribution in [3.8, 4) is 5.75 Å². The first-order valence-electron chi connectivity index (χ1n) is 8.65. The van der Waals surface area contributed by atoms with E-state index in [0.717, 1.165) is 10.9 Å². The van der Waals surface area contributed by atoms with E-state index >= 15 is 0 Å². The molecule has 140 valence electrons. The van der Waals surface area contributed by atoms with Crippen LogP contribution in [-0.2, 0) is 6.42 Å². The maximum Gasteiger partial charge on any atom is 0.145 e. The Labute approximate surface area is 171 Å². The van der Waals surface area contributed by atoms with E-state index in [1.54, 1.807) is 18.3 Å². The fraction of sp³-hybridized carbons (Fsp3) is 0.0909. The molecule has 3 nitrogen and oxygen atoms in total. The molecule has 0 saturated carbocycles. The number of phenols is 1. The van der Waals surface area contributed by atoms with Gasteiger partial charge < -0.3 is 5.11 Å². The van der Waals surface area contributed by atoms with Crippen LogP contribution >= 0.6 is 23.2 Å². The summed E-state index contributed by atoms with van der Waals surface area (Å²) in [5.41, 5.74) is 2.59. The van der Waals surface area contributed by atoms with Gasteiger partial charge in [-0.05, 0) is 29.8 Å². The average Bonchev–Trinajstić information content (AvgIpc) is 2.71. The van der Waals surface area contributed by atoms with Crippen LogP contribution in [0.5, 0.6) is 5.75 Å². The summed E-state index contributed by atoms with van der Waals surface area (Å²) < 4.78 is 13.3. The maximum atomic E-state index is 13.3. The molecule has 1 unspecified atom stereocenters. The summed E-state index contributed by atoms with van der Waals surface area (Å²) in [5.74, 6) is -0.657. The van der Waals surface area contributed by atoms with Crippen molar-refractivity contribution in [3.63, 3.8) is 0 Å². The molecule has 0 saturated heterocycles. The Morgan fingerprint density at radius 3 is 2.57 bits per heavy atom. The van der Waals surface area contributed by atoms with Gasteiger partial charge in [0.15, 0.2) is 0 Å². The van der Waals surface area contributed by atoms with Crippen molar-refractivity contribution in [3.05, 3.63) is 99.7 Å². The second-order valence-corrected chi connectivity index (χ2v) is 7.23. The minimum absolute atomic E-state index is 0.0845. The van der Waals surface area contributed by atoms with Gasteiger partial charge in [-0.25, -0.2) is 4.39 Å². The predicted octanol–water partition coefficient (Wildman–Crippen LogP) is 6.16. The summed E-state index contributed by atoms with van der Waals surface area (Å²) in [6.45, 7) is 0. The van der Waals surface area contributed by atoms with Gasteiger partial charge in [0, 0.05) is 35.2 Å². The zero-order valence-electron chi connectivity index (χ0n) is 14.6. The van der Waals surface area contributed by atoms with Crippen molar-refractivity contribution >= 4 is 34.1 Å². The molecule has 0 fully saturated rings. The van der Waals surface area contributed by atoms with Crippen LogP contribution in [0.4, 0.5) is 4.39 Å². The zero-order chi connectivity index (χ0) is 19.7. The van der Waals surface area contributed by atoms with Gasteiger partial charge in [-0.1, -0.05) is 53.5 Å². The Balaban J connectivity index is 1.89. The molecule has 1 N–H and O–H groups in total. The van der Waals surface area contributed by atoms with Gasteiger partial charge in [0.1, 0.15) is 17.1 Å². The molecule has 4 rings (SSSR count). The van der Waals surface area contributed by atoms with Crippen LogP contribution < -0.4 is 0 Å². The third-order valence-electron chi connectivity index (χ3n) is 4.71. The summed E-state index contributed by atoms with van der Waals surface area (Å²) in [6, 6.07) is 15.8. The Morgan fingerprint density at radius 1 is 0.929 bits per heavy atom. The molecule has 0 aliphatic rings. The number of aromatic hydroxyl groups is 1. The lowest BCUT2D eigenvalue weighted by Gasteiger charge is -2.21. The number of benzene rings is 2. The van der Waals surface area contributed by atoms with Gasteiger partial charge in [-0.3, -0.25) is 9.97 Å². The van der Waals surface area contributed by atoms with Crippen molar-refractivity contribution in [2.75, 3.05) is 0 Å². The molecule has 2 heterocycles. The van der Waals surface area contributed by atoms with Gasteiger partial charge >= 0.3 is 0 Å². The molecule has 0 aliphatic heterocycles. The normalized spacial score (nSPS) is 12.2. The van der Waals surface area contributed by atoms with Gasteiger partial charge in [0.05, 0.1) is 16.2 Å². The highest BCUT2D eigenvalue weighted by molar-refractivity contribution is 6.42. The molecule has 0 aliphatic carbocycles. The molecule has 2 aromatic heterocycles. The highest BCUT2D eigenvalue weighted by atomic mass is 35.5. The molecule has 1 atom stereocenters. The molecule has 0 radical (unpaired) electrons. The van der Waals surface area contributed by atoms with Gasteiger partial charge in [-0.2, -0.15) is 0 Å². The first-order valence-corrected chi connectivity index (χ1v) is 9.41. The van der Waals surface area contributed by atoms with Crippen molar-refractivity contribution < 1.29 is 9.50 Å². The number of nitrogens with zero attached hydrogens (tertiary/aromatic N) is 2. The van der Waals surface area contributed by atoms with E-state index in [1.165, 1.54) is 12.3 Å². The first kappa shape index (κ1) is 18.7. The molecule has 4 aromatic rings. The number of fused-ring (bicyclic) bond motifs is 1. The van der Waals surface area contributed by atoms with Crippen molar-refractivity contribution in [2.45, 2.75) is 12.3 Å². The van der Waals surface area contributed by atoms with E-state index in [4.69, 9.17) is 23.2 Å². The molecular weight excluding hydrogens is 398 g/mol. The Hall–Kier alpha value is -2.69. The summed E-state index contributed by atoms with van der Waals surface area (Å²) in [5, 5.41) is 12.6. The standard InChI is InChI=1S/C22H15Cl2FN2O/c23-19-5-1-4-16(20(19)24)18(11-15-8-7-14(25)12-27-15)17-9-6-13-3-2-10-26-21(13)22(17)28/h1-10,12,18,28H,11H2. The van der Waals surface area contributed by atoms with Crippen molar-refractivity contribution in [1.82, 2.24) is 9.97 Å². The maximum absolute atomic E-state index is 13.3. The lowest BCUT2D eigenvalue weighted by Crippen LogP contribution is -2.08.